The molecule has 2 unspecified atom stereocenters. The molecular formula is C12H13ClN2O. The summed E-state index contributed by atoms with van der Waals surface area (Å²) in [4.78, 5) is 16.1. The first-order valence-electron chi connectivity index (χ1n) is 5.45. The number of halogens is 1. The molecule has 0 aromatic heterocycles. The smallest absolute Gasteiger partial charge is 0.244 e. The van der Waals surface area contributed by atoms with Gasteiger partial charge in [0.05, 0.1) is 6.04 Å². The summed E-state index contributed by atoms with van der Waals surface area (Å²) in [6, 6.07) is 8.09. The van der Waals surface area contributed by atoms with Crippen molar-refractivity contribution in [3.8, 4) is 0 Å². The van der Waals surface area contributed by atoms with Crippen LogP contribution in [-0.2, 0) is 4.79 Å². The molecule has 16 heavy (non-hydrogen) atoms. The molecule has 1 aromatic carbocycles. The van der Waals surface area contributed by atoms with Crippen LogP contribution in [0.5, 0.6) is 0 Å². The van der Waals surface area contributed by atoms with Crippen LogP contribution in [-0.4, -0.2) is 36.5 Å². The normalized spacial score (nSPS) is 29.1. The number of carbonyl (C=O) groups excluding carboxylic acids is 1. The zero-order chi connectivity index (χ0) is 11.3. The highest BCUT2D eigenvalue weighted by Gasteiger charge is 2.48. The lowest BCUT2D eigenvalue weighted by Crippen LogP contribution is -2.70. The second-order valence-corrected chi connectivity index (χ2v) is 4.93. The highest BCUT2D eigenvalue weighted by atomic mass is 35.5. The Morgan fingerprint density at radius 3 is 2.56 bits per heavy atom. The summed E-state index contributed by atoms with van der Waals surface area (Å²) in [5.74, 6) is 0.215. The average Bonchev–Trinajstić information content (AvgIpc) is 2.29. The fourth-order valence-corrected chi connectivity index (χ4v) is 2.65. The summed E-state index contributed by atoms with van der Waals surface area (Å²) in [6.45, 7) is 0.799. The van der Waals surface area contributed by atoms with Gasteiger partial charge in [-0.3, -0.25) is 9.69 Å². The van der Waals surface area contributed by atoms with E-state index < -0.39 is 0 Å². The molecule has 3 heterocycles. The Kier molecular flexibility index (Phi) is 2.19. The Labute approximate surface area is 99.6 Å². The maximum Gasteiger partial charge on any atom is 0.244 e. The third kappa shape index (κ3) is 1.35. The SMILES string of the molecule is CN1C2CC1C(=O)N(c1ccc(Cl)cc1)C2. The molecule has 1 amide bonds. The van der Waals surface area contributed by atoms with Crippen molar-refractivity contribution in [1.29, 1.82) is 0 Å². The van der Waals surface area contributed by atoms with Crippen LogP contribution in [0.4, 0.5) is 5.69 Å². The summed E-state index contributed by atoms with van der Waals surface area (Å²) in [5, 5.41) is 0.704. The highest BCUT2D eigenvalue weighted by molar-refractivity contribution is 6.30. The van der Waals surface area contributed by atoms with Crippen LogP contribution in [0.3, 0.4) is 0 Å². The molecule has 3 nitrogen and oxygen atoms in total. The van der Waals surface area contributed by atoms with E-state index in [2.05, 4.69) is 4.90 Å². The standard InChI is InChI=1S/C12H13ClN2O/c1-14-10-6-11(14)12(16)15(7-10)9-4-2-8(13)3-5-9/h2-5,10-11H,6-7H2,1H3. The first-order valence-corrected chi connectivity index (χ1v) is 5.83. The van der Waals surface area contributed by atoms with Gasteiger partial charge >= 0.3 is 0 Å². The number of nitrogens with zero attached hydrogens (tertiary/aromatic N) is 2. The molecule has 3 aliphatic heterocycles. The van der Waals surface area contributed by atoms with Crippen LogP contribution in [0, 0.1) is 0 Å². The predicted molar refractivity (Wildman–Crippen MR) is 63.8 cm³/mol. The van der Waals surface area contributed by atoms with Gasteiger partial charge in [-0.1, -0.05) is 11.6 Å². The van der Waals surface area contributed by atoms with Crippen molar-refractivity contribution in [1.82, 2.24) is 4.90 Å². The summed E-state index contributed by atoms with van der Waals surface area (Å²) in [7, 11) is 2.02. The number of rotatable bonds is 1. The van der Waals surface area contributed by atoms with Gasteiger partial charge in [-0.05, 0) is 37.7 Å². The molecule has 0 aliphatic carbocycles. The van der Waals surface area contributed by atoms with Gasteiger partial charge in [0.25, 0.3) is 0 Å². The van der Waals surface area contributed by atoms with Gasteiger partial charge in [-0.25, -0.2) is 0 Å². The lowest BCUT2D eigenvalue weighted by atomic mass is 9.87. The minimum Gasteiger partial charge on any atom is -0.309 e. The molecule has 4 rings (SSSR count). The van der Waals surface area contributed by atoms with Crippen LogP contribution in [0.1, 0.15) is 6.42 Å². The van der Waals surface area contributed by atoms with E-state index in [0.717, 1.165) is 18.7 Å². The Bertz CT molecular complexity index is 431. The van der Waals surface area contributed by atoms with E-state index in [1.807, 2.05) is 36.2 Å². The molecule has 1 aromatic rings. The molecule has 0 radical (unpaired) electrons. The molecular weight excluding hydrogens is 224 g/mol. The minimum absolute atomic E-state index is 0.0921. The van der Waals surface area contributed by atoms with E-state index in [1.165, 1.54) is 0 Å². The number of piperazine rings is 1. The van der Waals surface area contributed by atoms with E-state index >= 15 is 0 Å². The first kappa shape index (κ1) is 10.1. The maximum absolute atomic E-state index is 12.1. The number of hydrogen-bond acceptors (Lipinski definition) is 2. The van der Waals surface area contributed by atoms with Gasteiger partial charge in [-0.2, -0.15) is 0 Å². The van der Waals surface area contributed by atoms with Crippen molar-refractivity contribution < 1.29 is 4.79 Å². The molecule has 3 aliphatic rings. The number of hydrogen-bond donors (Lipinski definition) is 0. The van der Waals surface area contributed by atoms with Crippen LogP contribution < -0.4 is 4.90 Å². The second kappa shape index (κ2) is 3.47. The second-order valence-electron chi connectivity index (χ2n) is 4.50. The maximum atomic E-state index is 12.1. The van der Waals surface area contributed by atoms with E-state index in [1.54, 1.807) is 0 Å². The van der Waals surface area contributed by atoms with E-state index in [0.29, 0.717) is 11.1 Å². The molecule has 3 fully saturated rings. The van der Waals surface area contributed by atoms with Crippen LogP contribution in [0.2, 0.25) is 5.02 Å². The first-order chi connectivity index (χ1) is 7.66. The molecule has 84 valence electrons. The van der Waals surface area contributed by atoms with E-state index in [9.17, 15) is 4.79 Å². The number of carbonyl (C=O) groups is 1. The molecule has 2 atom stereocenters. The van der Waals surface area contributed by atoms with E-state index in [4.69, 9.17) is 11.6 Å². The quantitative estimate of drug-likeness (QED) is 0.742. The lowest BCUT2D eigenvalue weighted by Gasteiger charge is -2.53. The van der Waals surface area contributed by atoms with Gasteiger partial charge < -0.3 is 4.90 Å². The topological polar surface area (TPSA) is 23.6 Å². The average molecular weight is 237 g/mol. The van der Waals surface area contributed by atoms with Crippen molar-refractivity contribution in [2.45, 2.75) is 18.5 Å². The number of anilines is 1. The van der Waals surface area contributed by atoms with Crippen LogP contribution in [0.25, 0.3) is 0 Å². The van der Waals surface area contributed by atoms with Crippen molar-refractivity contribution >= 4 is 23.2 Å². The number of piperidine rings is 1. The highest BCUT2D eigenvalue weighted by Crippen LogP contribution is 2.34. The minimum atomic E-state index is 0.0921. The Morgan fingerprint density at radius 1 is 1.31 bits per heavy atom. The zero-order valence-corrected chi connectivity index (χ0v) is 9.81. The zero-order valence-electron chi connectivity index (χ0n) is 9.06. The van der Waals surface area contributed by atoms with Crippen molar-refractivity contribution in [3.63, 3.8) is 0 Å². The third-order valence-electron chi connectivity index (χ3n) is 3.65. The monoisotopic (exact) mass is 236 g/mol. The van der Waals surface area contributed by atoms with Gasteiger partial charge in [0.2, 0.25) is 5.91 Å². The van der Waals surface area contributed by atoms with Gasteiger partial charge in [-0.15, -0.1) is 0 Å². The van der Waals surface area contributed by atoms with Gasteiger partial charge in [0.15, 0.2) is 0 Å². The summed E-state index contributed by atoms with van der Waals surface area (Å²) >= 11 is 5.84. The van der Waals surface area contributed by atoms with Crippen LogP contribution >= 0.6 is 11.6 Å². The Balaban J connectivity index is 1.86. The molecule has 4 heteroatoms. The number of benzene rings is 1. The molecule has 3 saturated heterocycles. The fourth-order valence-electron chi connectivity index (χ4n) is 2.52. The molecule has 2 bridgehead atoms. The van der Waals surface area contributed by atoms with Crippen molar-refractivity contribution in [2.75, 3.05) is 18.5 Å². The number of amides is 1. The molecule has 0 spiro atoms. The summed E-state index contributed by atoms with van der Waals surface area (Å²) in [5.41, 5.74) is 0.956. The summed E-state index contributed by atoms with van der Waals surface area (Å²) < 4.78 is 0. The van der Waals surface area contributed by atoms with Gasteiger partial charge in [0.1, 0.15) is 0 Å². The van der Waals surface area contributed by atoms with Gasteiger partial charge in [0, 0.05) is 23.3 Å². The molecule has 0 saturated carbocycles. The summed E-state index contributed by atoms with van der Waals surface area (Å²) in [6.07, 6.45) is 1.01. The Morgan fingerprint density at radius 2 is 2.00 bits per heavy atom. The van der Waals surface area contributed by atoms with Crippen molar-refractivity contribution in [3.05, 3.63) is 29.3 Å². The number of fused-ring (bicyclic) bond motifs is 2. The fraction of sp³-hybridized carbons (Fsp3) is 0.417. The van der Waals surface area contributed by atoms with Crippen molar-refractivity contribution in [2.24, 2.45) is 0 Å². The third-order valence-corrected chi connectivity index (χ3v) is 3.90. The predicted octanol–water partition coefficient (Wildman–Crippen LogP) is 1.76. The largest absolute Gasteiger partial charge is 0.309 e. The van der Waals surface area contributed by atoms with Crippen LogP contribution in [0.15, 0.2) is 24.3 Å². The number of likely N-dealkylation sites (N-methyl/N-ethyl adjacent to an activating group) is 1. The van der Waals surface area contributed by atoms with E-state index in [-0.39, 0.29) is 11.9 Å². The molecule has 0 N–H and O–H groups in total. The Hall–Kier alpha value is -1.06. The lowest BCUT2D eigenvalue weighted by molar-refractivity contribution is -0.135.